The summed E-state index contributed by atoms with van der Waals surface area (Å²) in [5.74, 6) is 0. The molecule has 2 nitrogen and oxygen atoms in total. The standard InChI is InChI=1S/C12H21BN2.2C2H6/c1-4-10-8-12(2,13)7-5-6-11(10)15(3)9-14;2*1-2/h9,14H,4-8H2,1-3H3;2*1-2H3. The second-order valence-electron chi connectivity index (χ2n) is 4.83. The number of nitrogens with zero attached hydrogens (tertiary/aromatic N) is 1. The fourth-order valence-corrected chi connectivity index (χ4v) is 2.35. The molecule has 0 aromatic carbocycles. The van der Waals surface area contributed by atoms with Crippen molar-refractivity contribution in [3.63, 3.8) is 0 Å². The van der Waals surface area contributed by atoms with E-state index in [1.54, 1.807) is 0 Å². The monoisotopic (exact) mass is 264 g/mol. The normalized spacial score (nSPS) is 22.3. The topological polar surface area (TPSA) is 27.1 Å². The first kappa shape index (κ1) is 20.6. The third-order valence-corrected chi connectivity index (χ3v) is 3.23. The molecule has 0 spiro atoms. The summed E-state index contributed by atoms with van der Waals surface area (Å²) in [6.45, 7) is 12.3. The molecule has 19 heavy (non-hydrogen) atoms. The number of hydrogen-bond donors (Lipinski definition) is 1. The van der Waals surface area contributed by atoms with Crippen LogP contribution in [0.1, 0.15) is 73.6 Å². The Morgan fingerprint density at radius 1 is 1.32 bits per heavy atom. The van der Waals surface area contributed by atoms with Crippen LogP contribution in [0.3, 0.4) is 0 Å². The average molecular weight is 264 g/mol. The Kier molecular flexibility index (Phi) is 12.1. The summed E-state index contributed by atoms with van der Waals surface area (Å²) in [6, 6.07) is 0. The maximum Gasteiger partial charge on any atom is 0.0856 e. The highest BCUT2D eigenvalue weighted by Gasteiger charge is 2.24. The number of hydrogen-bond acceptors (Lipinski definition) is 1. The smallest absolute Gasteiger partial charge is 0.0856 e. The molecular weight excluding hydrogens is 231 g/mol. The van der Waals surface area contributed by atoms with Gasteiger partial charge in [-0.15, -0.1) is 0 Å². The molecule has 1 unspecified atom stereocenters. The lowest BCUT2D eigenvalue weighted by Crippen LogP contribution is -2.17. The average Bonchev–Trinajstić information content (AvgIpc) is 2.60. The van der Waals surface area contributed by atoms with Gasteiger partial charge in [-0.2, -0.15) is 0 Å². The van der Waals surface area contributed by atoms with E-state index in [0.717, 1.165) is 32.1 Å². The molecule has 1 atom stereocenters. The van der Waals surface area contributed by atoms with Gasteiger partial charge < -0.3 is 4.90 Å². The zero-order valence-corrected chi connectivity index (χ0v) is 14.1. The Morgan fingerprint density at radius 2 is 1.84 bits per heavy atom. The van der Waals surface area contributed by atoms with Gasteiger partial charge in [-0.25, -0.2) is 0 Å². The Labute approximate surface area is 122 Å². The van der Waals surface area contributed by atoms with Crippen LogP contribution in [0, 0.1) is 5.41 Å². The molecule has 0 heterocycles. The van der Waals surface area contributed by atoms with E-state index in [9.17, 15) is 0 Å². The van der Waals surface area contributed by atoms with Crippen molar-refractivity contribution in [2.75, 3.05) is 7.05 Å². The summed E-state index contributed by atoms with van der Waals surface area (Å²) in [5.41, 5.74) is 2.73. The highest BCUT2D eigenvalue weighted by molar-refractivity contribution is 6.15. The van der Waals surface area contributed by atoms with Crippen molar-refractivity contribution in [1.82, 2.24) is 4.90 Å². The molecule has 0 aromatic rings. The lowest BCUT2D eigenvalue weighted by molar-refractivity contribution is 0.539. The summed E-state index contributed by atoms with van der Waals surface area (Å²) in [5, 5.41) is 7.26. The second-order valence-corrected chi connectivity index (χ2v) is 4.83. The molecule has 0 bridgehead atoms. The fourth-order valence-electron chi connectivity index (χ4n) is 2.35. The second kappa shape index (κ2) is 11.1. The van der Waals surface area contributed by atoms with Crippen LogP contribution >= 0.6 is 0 Å². The maximum absolute atomic E-state index is 7.32. The molecule has 1 N–H and O–H groups in total. The van der Waals surface area contributed by atoms with Gasteiger partial charge in [0.15, 0.2) is 0 Å². The van der Waals surface area contributed by atoms with Crippen molar-refractivity contribution in [2.45, 2.75) is 79.0 Å². The van der Waals surface area contributed by atoms with E-state index in [0.29, 0.717) is 0 Å². The SMILES string of the molecule is CC.CC.[B]C1(C)CCCC(N(C)C=N)=C(CC)C1. The van der Waals surface area contributed by atoms with Crippen LogP contribution < -0.4 is 0 Å². The minimum atomic E-state index is -0.0596. The zero-order chi connectivity index (χ0) is 15.5. The quantitative estimate of drug-likeness (QED) is 0.425. The van der Waals surface area contributed by atoms with Crippen molar-refractivity contribution in [2.24, 2.45) is 0 Å². The molecule has 0 amide bonds. The highest BCUT2D eigenvalue weighted by atomic mass is 15.1. The predicted molar refractivity (Wildman–Crippen MR) is 89.1 cm³/mol. The number of rotatable bonds is 3. The lowest BCUT2D eigenvalue weighted by Gasteiger charge is -2.25. The van der Waals surface area contributed by atoms with E-state index in [1.807, 2.05) is 39.6 Å². The summed E-state index contributed by atoms with van der Waals surface area (Å²) in [4.78, 5) is 1.93. The van der Waals surface area contributed by atoms with Gasteiger partial charge in [-0.05, 0) is 25.7 Å². The van der Waals surface area contributed by atoms with Crippen LogP contribution in [-0.4, -0.2) is 26.1 Å². The van der Waals surface area contributed by atoms with Gasteiger partial charge in [0.1, 0.15) is 0 Å². The Balaban J connectivity index is 0. The summed E-state index contributed by atoms with van der Waals surface area (Å²) in [7, 11) is 8.19. The van der Waals surface area contributed by atoms with E-state index >= 15 is 0 Å². The van der Waals surface area contributed by atoms with Crippen LogP contribution in [0.2, 0.25) is 5.31 Å². The van der Waals surface area contributed by atoms with Crippen molar-refractivity contribution in [3.05, 3.63) is 11.3 Å². The molecule has 0 aromatic heterocycles. The van der Waals surface area contributed by atoms with Crippen LogP contribution in [0.5, 0.6) is 0 Å². The summed E-state index contributed by atoms with van der Waals surface area (Å²) >= 11 is 0. The molecule has 1 aliphatic rings. The van der Waals surface area contributed by atoms with Gasteiger partial charge in [-0.3, -0.25) is 5.41 Å². The minimum absolute atomic E-state index is 0.0596. The minimum Gasteiger partial charge on any atom is -0.340 e. The van der Waals surface area contributed by atoms with Gasteiger partial charge in [0, 0.05) is 12.7 Å². The van der Waals surface area contributed by atoms with Crippen LogP contribution in [0.25, 0.3) is 0 Å². The molecule has 1 aliphatic carbocycles. The predicted octanol–water partition coefficient (Wildman–Crippen LogP) is 5.16. The third kappa shape index (κ3) is 7.44. The molecule has 3 heteroatoms. The highest BCUT2D eigenvalue weighted by Crippen LogP contribution is 2.41. The Morgan fingerprint density at radius 3 is 2.26 bits per heavy atom. The van der Waals surface area contributed by atoms with Crippen molar-refractivity contribution in [1.29, 1.82) is 5.41 Å². The van der Waals surface area contributed by atoms with Gasteiger partial charge >= 0.3 is 0 Å². The molecule has 1 rings (SSSR count). The van der Waals surface area contributed by atoms with E-state index in [2.05, 4.69) is 13.8 Å². The molecule has 0 fully saturated rings. The third-order valence-electron chi connectivity index (χ3n) is 3.23. The van der Waals surface area contributed by atoms with Crippen molar-refractivity contribution < 1.29 is 0 Å². The fraction of sp³-hybridized carbons (Fsp3) is 0.812. The number of allylic oxidation sites excluding steroid dienone is 2. The van der Waals surface area contributed by atoms with Crippen molar-refractivity contribution >= 4 is 14.2 Å². The van der Waals surface area contributed by atoms with Gasteiger partial charge in [0.25, 0.3) is 0 Å². The van der Waals surface area contributed by atoms with E-state index in [4.69, 9.17) is 13.3 Å². The van der Waals surface area contributed by atoms with Gasteiger partial charge in [0.05, 0.1) is 14.2 Å². The molecule has 2 radical (unpaired) electrons. The molecule has 0 aliphatic heterocycles. The molecule has 110 valence electrons. The number of nitrogens with one attached hydrogen (secondary N) is 1. The molecular formula is C16H33BN2. The van der Waals surface area contributed by atoms with E-state index < -0.39 is 0 Å². The molecule has 0 saturated heterocycles. The molecule has 0 saturated carbocycles. The summed E-state index contributed by atoms with van der Waals surface area (Å²) < 4.78 is 0. The van der Waals surface area contributed by atoms with Crippen LogP contribution in [0.4, 0.5) is 0 Å². The van der Waals surface area contributed by atoms with Crippen LogP contribution in [0.15, 0.2) is 11.3 Å². The largest absolute Gasteiger partial charge is 0.340 e. The first-order chi connectivity index (χ1) is 9.00. The Bertz CT molecular complexity index is 270. The summed E-state index contributed by atoms with van der Waals surface area (Å²) in [6.07, 6.45) is 6.67. The van der Waals surface area contributed by atoms with Crippen LogP contribution in [-0.2, 0) is 0 Å². The van der Waals surface area contributed by atoms with Gasteiger partial charge in [0.2, 0.25) is 0 Å². The first-order valence-electron chi connectivity index (χ1n) is 7.73. The van der Waals surface area contributed by atoms with E-state index in [1.165, 1.54) is 17.6 Å². The lowest BCUT2D eigenvalue weighted by atomic mass is 9.64. The van der Waals surface area contributed by atoms with Gasteiger partial charge in [-0.1, -0.05) is 58.9 Å². The van der Waals surface area contributed by atoms with Crippen molar-refractivity contribution in [3.8, 4) is 0 Å². The van der Waals surface area contributed by atoms with E-state index in [-0.39, 0.29) is 5.31 Å². The first-order valence-corrected chi connectivity index (χ1v) is 7.73. The Hall–Kier alpha value is -0.725. The maximum atomic E-state index is 7.32. The zero-order valence-electron chi connectivity index (χ0n) is 14.1.